The Bertz CT molecular complexity index is 584. The zero-order chi connectivity index (χ0) is 13.8. The van der Waals surface area contributed by atoms with Crippen LogP contribution in [0, 0.1) is 6.92 Å². The van der Waals surface area contributed by atoms with Crippen LogP contribution in [0.3, 0.4) is 0 Å². The van der Waals surface area contributed by atoms with E-state index >= 15 is 0 Å². The Morgan fingerprint density at radius 3 is 2.68 bits per heavy atom. The first kappa shape index (κ1) is 13.8. The summed E-state index contributed by atoms with van der Waals surface area (Å²) in [5, 5.41) is 9.93. The zero-order valence-corrected chi connectivity index (χ0v) is 11.5. The second kappa shape index (κ2) is 5.99. The second-order valence-corrected chi connectivity index (χ2v) is 5.72. The number of aliphatic hydroxyl groups excluding tert-OH is 1. The Morgan fingerprint density at radius 1 is 1.37 bits per heavy atom. The highest BCUT2D eigenvalue weighted by Gasteiger charge is 2.20. The topological polar surface area (TPSA) is 50.4 Å². The van der Waals surface area contributed by atoms with Crippen LogP contribution in [0.2, 0.25) is 0 Å². The molecule has 1 aromatic heterocycles. The molecule has 3 nitrogen and oxygen atoms in total. The molecule has 2 aromatic rings. The summed E-state index contributed by atoms with van der Waals surface area (Å²) in [6.45, 7) is 5.55. The van der Waals surface area contributed by atoms with Gasteiger partial charge in [0.15, 0.2) is 0 Å². The van der Waals surface area contributed by atoms with Crippen LogP contribution < -0.4 is 0 Å². The summed E-state index contributed by atoms with van der Waals surface area (Å²) >= 11 is 0. The van der Waals surface area contributed by atoms with Gasteiger partial charge in [0.1, 0.15) is 11.9 Å². The molecular weight excluding hydrogens is 260 g/mol. The highest BCUT2D eigenvalue weighted by Crippen LogP contribution is 2.28. The minimum Gasteiger partial charge on any atom is -0.465 e. The third kappa shape index (κ3) is 3.03. The minimum absolute atomic E-state index is 0.346. The first-order valence-corrected chi connectivity index (χ1v) is 7.13. The Hall–Kier alpha value is -1.65. The molecule has 0 amide bonds. The van der Waals surface area contributed by atoms with E-state index in [0.717, 1.165) is 5.56 Å². The van der Waals surface area contributed by atoms with Crippen molar-refractivity contribution in [1.82, 2.24) is 0 Å². The number of furan rings is 1. The molecule has 0 aliphatic carbocycles. The molecule has 0 bridgehead atoms. The molecule has 0 unspecified atom stereocenters. The normalized spacial score (nSPS) is 14.0. The average Bonchev–Trinajstić information content (AvgIpc) is 2.88. The first-order chi connectivity index (χ1) is 9.13. The molecule has 0 radical (unpaired) electrons. The van der Waals surface area contributed by atoms with Gasteiger partial charge in [-0.3, -0.25) is 0 Å². The van der Waals surface area contributed by atoms with Crippen molar-refractivity contribution in [2.75, 3.05) is 0 Å². The van der Waals surface area contributed by atoms with Gasteiger partial charge < -0.3 is 9.52 Å². The summed E-state index contributed by atoms with van der Waals surface area (Å²) in [6, 6.07) is 9.10. The molecular formula is C15H16O3S. The van der Waals surface area contributed by atoms with Crippen molar-refractivity contribution in [2.24, 2.45) is 0 Å². The van der Waals surface area contributed by atoms with Gasteiger partial charge in [-0.25, -0.2) is 4.21 Å². The lowest BCUT2D eigenvalue weighted by atomic mass is 10.2. The van der Waals surface area contributed by atoms with Gasteiger partial charge in [-0.15, -0.1) is 6.58 Å². The third-order valence-corrected chi connectivity index (χ3v) is 4.22. The average molecular weight is 276 g/mol. The van der Waals surface area contributed by atoms with Crippen molar-refractivity contribution in [3.05, 3.63) is 60.6 Å². The van der Waals surface area contributed by atoms with Crippen molar-refractivity contribution in [1.29, 1.82) is 0 Å². The van der Waals surface area contributed by atoms with Crippen LogP contribution in [0.1, 0.15) is 23.8 Å². The molecule has 0 aliphatic rings. The summed E-state index contributed by atoms with van der Waals surface area (Å²) in [6.07, 6.45) is 2.61. The van der Waals surface area contributed by atoms with Gasteiger partial charge >= 0.3 is 0 Å². The summed E-state index contributed by atoms with van der Waals surface area (Å²) in [5.74, 6) is 0.346. The number of aryl methyl sites for hydroxylation is 1. The van der Waals surface area contributed by atoms with Gasteiger partial charge in [-0.2, -0.15) is 0 Å². The van der Waals surface area contributed by atoms with Crippen molar-refractivity contribution in [3.8, 4) is 0 Å². The van der Waals surface area contributed by atoms with Gasteiger partial charge in [0.25, 0.3) is 0 Å². The van der Waals surface area contributed by atoms with Crippen LogP contribution in [0.15, 0.2) is 63.5 Å². The molecule has 1 aromatic carbocycles. The van der Waals surface area contributed by atoms with E-state index in [1.165, 1.54) is 6.26 Å². The molecule has 0 spiro atoms. The predicted octanol–water partition coefficient (Wildman–Crippen LogP) is 3.36. The van der Waals surface area contributed by atoms with E-state index < -0.39 is 16.9 Å². The van der Waals surface area contributed by atoms with Gasteiger partial charge in [-0.1, -0.05) is 23.8 Å². The fraction of sp³-hybridized carbons (Fsp3) is 0.200. The lowest BCUT2D eigenvalue weighted by Crippen LogP contribution is -2.01. The van der Waals surface area contributed by atoms with E-state index in [2.05, 4.69) is 6.58 Å². The van der Waals surface area contributed by atoms with Crippen LogP contribution in [0.4, 0.5) is 0 Å². The molecule has 1 heterocycles. The molecule has 0 saturated heterocycles. The van der Waals surface area contributed by atoms with Crippen LogP contribution in [0.5, 0.6) is 0 Å². The molecule has 0 saturated carbocycles. The zero-order valence-electron chi connectivity index (χ0n) is 10.7. The lowest BCUT2D eigenvalue weighted by molar-refractivity contribution is 0.149. The number of hydrogen-bond acceptors (Lipinski definition) is 3. The van der Waals surface area contributed by atoms with Crippen LogP contribution in [0.25, 0.3) is 0 Å². The van der Waals surface area contributed by atoms with Crippen molar-refractivity contribution >= 4 is 10.8 Å². The largest absolute Gasteiger partial charge is 0.465 e. The smallest absolute Gasteiger partial charge is 0.149 e. The van der Waals surface area contributed by atoms with E-state index in [9.17, 15) is 9.32 Å². The Kier molecular flexibility index (Phi) is 4.35. The molecule has 0 fully saturated rings. The van der Waals surface area contributed by atoms with E-state index in [1.54, 1.807) is 12.1 Å². The van der Waals surface area contributed by atoms with Crippen molar-refractivity contribution in [3.63, 3.8) is 0 Å². The quantitative estimate of drug-likeness (QED) is 0.852. The summed E-state index contributed by atoms with van der Waals surface area (Å²) < 4.78 is 17.7. The molecule has 2 rings (SSSR count). The monoisotopic (exact) mass is 276 g/mol. The summed E-state index contributed by atoms with van der Waals surface area (Å²) in [5.41, 5.74) is 1.11. The maximum absolute atomic E-state index is 12.5. The van der Waals surface area contributed by atoms with Crippen LogP contribution >= 0.6 is 0 Å². The molecule has 1 N–H and O–H groups in total. The minimum atomic E-state index is -1.35. The predicted molar refractivity (Wildman–Crippen MR) is 74.3 cm³/mol. The maximum Gasteiger partial charge on any atom is 0.149 e. The van der Waals surface area contributed by atoms with Crippen molar-refractivity contribution < 1.29 is 13.7 Å². The van der Waals surface area contributed by atoms with E-state index in [4.69, 9.17) is 4.42 Å². The SMILES string of the molecule is C=CC[C@H](O)c1occc1[S@@](=O)c1ccc(C)cc1. The molecule has 100 valence electrons. The Labute approximate surface area is 115 Å². The van der Waals surface area contributed by atoms with E-state index in [1.807, 2.05) is 31.2 Å². The van der Waals surface area contributed by atoms with Crippen molar-refractivity contribution in [2.45, 2.75) is 29.2 Å². The van der Waals surface area contributed by atoms with Crippen LogP contribution in [-0.4, -0.2) is 9.32 Å². The molecule has 0 aliphatic heterocycles. The molecule has 4 heteroatoms. The number of benzene rings is 1. The van der Waals surface area contributed by atoms with Gasteiger partial charge in [0.05, 0.1) is 22.0 Å². The van der Waals surface area contributed by atoms with Crippen LogP contribution in [-0.2, 0) is 10.8 Å². The van der Waals surface area contributed by atoms with Gasteiger partial charge in [0.2, 0.25) is 0 Å². The Morgan fingerprint density at radius 2 is 2.05 bits per heavy atom. The van der Waals surface area contributed by atoms with E-state index in [0.29, 0.717) is 22.0 Å². The van der Waals surface area contributed by atoms with E-state index in [-0.39, 0.29) is 0 Å². The fourth-order valence-corrected chi connectivity index (χ4v) is 2.94. The number of rotatable bonds is 5. The highest BCUT2D eigenvalue weighted by atomic mass is 32.2. The standard InChI is InChI=1S/C15H16O3S/c1-3-4-13(16)15-14(9-10-18-15)19(17)12-7-5-11(2)6-8-12/h3,5-10,13,16H,1,4H2,2H3/t13-,19-/m0/s1. The Balaban J connectivity index is 2.32. The maximum atomic E-state index is 12.5. The third-order valence-electron chi connectivity index (χ3n) is 2.78. The summed E-state index contributed by atoms with van der Waals surface area (Å²) in [4.78, 5) is 1.21. The highest BCUT2D eigenvalue weighted by molar-refractivity contribution is 7.85. The second-order valence-electron chi connectivity index (χ2n) is 4.27. The summed E-state index contributed by atoms with van der Waals surface area (Å²) in [7, 11) is -1.35. The fourth-order valence-electron chi connectivity index (χ4n) is 1.76. The van der Waals surface area contributed by atoms with Gasteiger partial charge in [0, 0.05) is 4.90 Å². The molecule has 2 atom stereocenters. The lowest BCUT2D eigenvalue weighted by Gasteiger charge is -2.08. The van der Waals surface area contributed by atoms with Gasteiger partial charge in [-0.05, 0) is 31.5 Å². The first-order valence-electron chi connectivity index (χ1n) is 5.98. The molecule has 19 heavy (non-hydrogen) atoms. The number of aliphatic hydroxyl groups is 1. The number of hydrogen-bond donors (Lipinski definition) is 1.